The van der Waals surface area contributed by atoms with Gasteiger partial charge in [-0.1, -0.05) is 28.1 Å². The number of aromatic amines is 1. The number of hydrogen-bond donors (Lipinski definition) is 2. The molecule has 5 heteroatoms. The molecule has 2 heterocycles. The molecule has 0 amide bonds. The number of anilines is 2. The van der Waals surface area contributed by atoms with Crippen molar-refractivity contribution in [2.45, 2.75) is 0 Å². The number of benzene rings is 2. The predicted octanol–water partition coefficient (Wildman–Crippen LogP) is 4.62. The Kier molecular flexibility index (Phi) is 2.86. The zero-order valence-electron chi connectivity index (χ0n) is 11.0. The number of rotatable bonds is 2. The number of aromatic nitrogens is 3. The van der Waals surface area contributed by atoms with Crippen LogP contribution in [0.15, 0.2) is 59.5 Å². The summed E-state index contributed by atoms with van der Waals surface area (Å²) in [4.78, 5) is 12.1. The second-order valence-electron chi connectivity index (χ2n) is 4.76. The third kappa shape index (κ3) is 2.15. The Balaban J connectivity index is 1.93. The minimum atomic E-state index is 0.797. The van der Waals surface area contributed by atoms with Gasteiger partial charge in [-0.3, -0.25) is 4.98 Å². The molecule has 2 aromatic carbocycles. The van der Waals surface area contributed by atoms with Gasteiger partial charge in [-0.25, -0.2) is 4.98 Å². The second-order valence-corrected chi connectivity index (χ2v) is 5.67. The molecule has 0 aliphatic carbocycles. The van der Waals surface area contributed by atoms with E-state index >= 15 is 0 Å². The minimum absolute atomic E-state index is 0.797. The van der Waals surface area contributed by atoms with Gasteiger partial charge in [0.05, 0.1) is 22.7 Å². The average Bonchev–Trinajstić information content (AvgIpc) is 2.96. The number of halogens is 1. The number of fused-ring (bicyclic) bond motifs is 3. The van der Waals surface area contributed by atoms with E-state index in [-0.39, 0.29) is 0 Å². The topological polar surface area (TPSA) is 53.6 Å². The van der Waals surface area contributed by atoms with E-state index in [1.54, 1.807) is 6.33 Å². The summed E-state index contributed by atoms with van der Waals surface area (Å²) in [6.45, 7) is 0. The molecule has 0 bridgehead atoms. The van der Waals surface area contributed by atoms with E-state index in [9.17, 15) is 0 Å². The van der Waals surface area contributed by atoms with Crippen LogP contribution in [0.1, 0.15) is 0 Å². The summed E-state index contributed by atoms with van der Waals surface area (Å²) < 4.78 is 1.02. The standard InChI is InChI=1S/C16H11BrN4/c17-11-2-1-3-12(8-11)21-16-14-13(19-9-20-16)5-4-10-6-7-18-15(10)14/h1-9,21H,(H,19,20). The Bertz CT molecular complexity index is 945. The normalized spacial score (nSPS) is 11.1. The van der Waals surface area contributed by atoms with Crippen molar-refractivity contribution in [1.29, 1.82) is 0 Å². The Morgan fingerprint density at radius 2 is 2.00 bits per heavy atom. The van der Waals surface area contributed by atoms with Crippen molar-refractivity contribution in [3.05, 3.63) is 59.5 Å². The maximum Gasteiger partial charge on any atom is 0.143 e. The highest BCUT2D eigenvalue weighted by Gasteiger charge is 2.09. The molecule has 4 aromatic rings. The zero-order valence-corrected chi connectivity index (χ0v) is 12.6. The lowest BCUT2D eigenvalue weighted by atomic mass is 10.1. The molecule has 0 saturated heterocycles. The first kappa shape index (κ1) is 12.3. The molecule has 4 rings (SSSR count). The van der Waals surface area contributed by atoms with Gasteiger partial charge < -0.3 is 10.3 Å². The minimum Gasteiger partial charge on any atom is -0.346 e. The van der Waals surface area contributed by atoms with Gasteiger partial charge in [0.25, 0.3) is 0 Å². The molecule has 0 fully saturated rings. The summed E-state index contributed by atoms with van der Waals surface area (Å²) in [5.41, 5.74) is 2.94. The van der Waals surface area contributed by atoms with Crippen molar-refractivity contribution in [3.63, 3.8) is 0 Å². The lowest BCUT2D eigenvalue weighted by Gasteiger charge is -2.09. The van der Waals surface area contributed by atoms with Gasteiger partial charge in [-0.2, -0.15) is 0 Å². The summed E-state index contributed by atoms with van der Waals surface area (Å²) in [5.74, 6) is 0.797. The Morgan fingerprint density at radius 3 is 2.90 bits per heavy atom. The third-order valence-electron chi connectivity index (χ3n) is 3.40. The van der Waals surface area contributed by atoms with Crippen molar-refractivity contribution in [1.82, 2.24) is 15.0 Å². The lowest BCUT2D eigenvalue weighted by molar-refractivity contribution is 1.22. The molecule has 0 radical (unpaired) electrons. The zero-order chi connectivity index (χ0) is 14.2. The molecule has 0 unspecified atom stereocenters. The summed E-state index contributed by atoms with van der Waals surface area (Å²) >= 11 is 3.48. The second kappa shape index (κ2) is 4.86. The van der Waals surface area contributed by atoms with Crippen LogP contribution in [0.3, 0.4) is 0 Å². The predicted molar refractivity (Wildman–Crippen MR) is 88.8 cm³/mol. The van der Waals surface area contributed by atoms with Crippen LogP contribution in [0.2, 0.25) is 0 Å². The summed E-state index contributed by atoms with van der Waals surface area (Å²) in [5, 5.41) is 5.48. The molecular weight excluding hydrogens is 328 g/mol. The molecule has 0 aliphatic rings. The smallest absolute Gasteiger partial charge is 0.143 e. The van der Waals surface area contributed by atoms with Gasteiger partial charge in [-0.15, -0.1) is 0 Å². The van der Waals surface area contributed by atoms with Crippen molar-refractivity contribution in [3.8, 4) is 0 Å². The summed E-state index contributed by atoms with van der Waals surface area (Å²) in [6.07, 6.45) is 3.51. The van der Waals surface area contributed by atoms with Crippen molar-refractivity contribution in [2.24, 2.45) is 0 Å². The molecule has 0 spiro atoms. The van der Waals surface area contributed by atoms with E-state index in [0.29, 0.717) is 0 Å². The van der Waals surface area contributed by atoms with E-state index in [2.05, 4.69) is 42.3 Å². The highest BCUT2D eigenvalue weighted by Crippen LogP contribution is 2.30. The first-order valence-electron chi connectivity index (χ1n) is 6.55. The van der Waals surface area contributed by atoms with E-state index in [0.717, 1.165) is 37.8 Å². The molecule has 21 heavy (non-hydrogen) atoms. The van der Waals surface area contributed by atoms with Crippen molar-refractivity contribution >= 4 is 49.2 Å². The molecule has 2 aromatic heterocycles. The molecule has 4 nitrogen and oxygen atoms in total. The van der Waals surface area contributed by atoms with Crippen LogP contribution in [0.5, 0.6) is 0 Å². The molecule has 0 saturated carbocycles. The monoisotopic (exact) mass is 338 g/mol. The lowest BCUT2D eigenvalue weighted by Crippen LogP contribution is -1.96. The summed E-state index contributed by atoms with van der Waals surface area (Å²) in [6, 6.07) is 14.1. The molecule has 0 atom stereocenters. The van der Waals surface area contributed by atoms with Crippen LogP contribution in [0.4, 0.5) is 11.5 Å². The van der Waals surface area contributed by atoms with E-state index in [1.165, 1.54) is 0 Å². The van der Waals surface area contributed by atoms with Gasteiger partial charge in [0.1, 0.15) is 5.82 Å². The van der Waals surface area contributed by atoms with Gasteiger partial charge >= 0.3 is 0 Å². The first-order valence-corrected chi connectivity index (χ1v) is 7.34. The average molecular weight is 339 g/mol. The van der Waals surface area contributed by atoms with E-state index in [4.69, 9.17) is 0 Å². The molecule has 2 N–H and O–H groups in total. The highest BCUT2D eigenvalue weighted by molar-refractivity contribution is 9.10. The van der Waals surface area contributed by atoms with Crippen LogP contribution in [0, 0.1) is 0 Å². The largest absolute Gasteiger partial charge is 0.346 e. The van der Waals surface area contributed by atoms with E-state index < -0.39 is 0 Å². The number of H-pyrrole nitrogens is 1. The fourth-order valence-corrected chi connectivity index (χ4v) is 2.86. The number of nitrogens with one attached hydrogen (secondary N) is 2. The van der Waals surface area contributed by atoms with Crippen LogP contribution >= 0.6 is 15.9 Å². The van der Waals surface area contributed by atoms with Gasteiger partial charge in [0.2, 0.25) is 0 Å². The van der Waals surface area contributed by atoms with Crippen LogP contribution in [-0.2, 0) is 0 Å². The maximum atomic E-state index is 4.46. The third-order valence-corrected chi connectivity index (χ3v) is 3.90. The van der Waals surface area contributed by atoms with Crippen molar-refractivity contribution < 1.29 is 0 Å². The fourth-order valence-electron chi connectivity index (χ4n) is 2.46. The maximum absolute atomic E-state index is 4.46. The van der Waals surface area contributed by atoms with Gasteiger partial charge in [0.15, 0.2) is 0 Å². The molecular formula is C16H11BrN4. The Hall–Kier alpha value is -2.40. The van der Waals surface area contributed by atoms with Gasteiger partial charge in [0, 0.05) is 21.7 Å². The van der Waals surface area contributed by atoms with Crippen LogP contribution < -0.4 is 5.32 Å². The Morgan fingerprint density at radius 1 is 1.05 bits per heavy atom. The molecule has 0 aliphatic heterocycles. The highest BCUT2D eigenvalue weighted by atomic mass is 79.9. The van der Waals surface area contributed by atoms with Crippen LogP contribution in [0.25, 0.3) is 21.8 Å². The first-order chi connectivity index (χ1) is 10.3. The van der Waals surface area contributed by atoms with Crippen LogP contribution in [-0.4, -0.2) is 15.0 Å². The Labute approximate surface area is 129 Å². The number of hydrogen-bond acceptors (Lipinski definition) is 3. The number of nitrogens with zero attached hydrogens (tertiary/aromatic N) is 2. The quantitative estimate of drug-likeness (QED) is 0.560. The SMILES string of the molecule is Brc1cccc(Nc2nc[nH]c3ccc4ccnc4c23)c1. The van der Waals surface area contributed by atoms with E-state index in [1.807, 2.05) is 42.6 Å². The summed E-state index contributed by atoms with van der Waals surface area (Å²) in [7, 11) is 0. The molecule has 102 valence electrons. The van der Waals surface area contributed by atoms with Gasteiger partial charge in [-0.05, 0) is 30.3 Å². The fraction of sp³-hybridized carbons (Fsp3) is 0. The van der Waals surface area contributed by atoms with Crippen molar-refractivity contribution in [2.75, 3.05) is 5.32 Å².